The van der Waals surface area contributed by atoms with Crippen LogP contribution in [-0.4, -0.2) is 18.6 Å². The minimum absolute atomic E-state index is 0.115. The highest BCUT2D eigenvalue weighted by molar-refractivity contribution is 5.89. The normalized spacial score (nSPS) is 21.3. The predicted octanol–water partition coefficient (Wildman–Crippen LogP) is 3.10. The van der Waals surface area contributed by atoms with E-state index in [0.717, 1.165) is 0 Å². The number of azide groups is 1. The van der Waals surface area contributed by atoms with Gasteiger partial charge in [0.15, 0.2) is 0 Å². The molecule has 1 aliphatic rings. The smallest absolute Gasteiger partial charge is 0.338 e. The number of esters is 1. The maximum atomic E-state index is 11.7. The minimum atomic E-state index is -0.323. The van der Waals surface area contributed by atoms with Gasteiger partial charge in [-0.3, -0.25) is 0 Å². The maximum Gasteiger partial charge on any atom is 0.338 e. The zero-order valence-corrected chi connectivity index (χ0v) is 9.77. The van der Waals surface area contributed by atoms with E-state index in [-0.39, 0.29) is 17.9 Å². The van der Waals surface area contributed by atoms with Crippen LogP contribution in [0.25, 0.3) is 10.4 Å². The van der Waals surface area contributed by atoms with Gasteiger partial charge < -0.3 is 4.74 Å². The lowest BCUT2D eigenvalue weighted by molar-refractivity contribution is 0.0463. The molecule has 18 heavy (non-hydrogen) atoms. The molecule has 92 valence electrons. The van der Waals surface area contributed by atoms with E-state index in [4.69, 9.17) is 10.3 Å². The van der Waals surface area contributed by atoms with Gasteiger partial charge in [-0.15, -0.1) is 0 Å². The van der Waals surface area contributed by atoms with Gasteiger partial charge in [-0.05, 0) is 24.1 Å². The van der Waals surface area contributed by atoms with Crippen LogP contribution < -0.4 is 0 Å². The molecule has 0 saturated carbocycles. The Bertz CT molecular complexity index is 492. The third-order valence-electron chi connectivity index (χ3n) is 2.79. The lowest BCUT2D eigenvalue weighted by atomic mass is 10.1. The molecule has 2 rings (SSSR count). The van der Waals surface area contributed by atoms with Crippen LogP contribution in [0.15, 0.2) is 47.6 Å². The first-order valence-electron chi connectivity index (χ1n) is 5.74. The zero-order valence-electron chi connectivity index (χ0n) is 9.77. The topological polar surface area (TPSA) is 75.1 Å². The number of benzene rings is 1. The molecule has 0 spiro atoms. The molecule has 0 amide bonds. The number of rotatable bonds is 4. The van der Waals surface area contributed by atoms with Gasteiger partial charge in [-0.1, -0.05) is 35.5 Å². The fourth-order valence-electron chi connectivity index (χ4n) is 1.87. The SMILES string of the molecule is [N-]=[N+]=N[C@H]1C=C[C@@H](COC(=O)c2ccccc2)C1. The average molecular weight is 243 g/mol. The van der Waals surface area contributed by atoms with Gasteiger partial charge in [0.2, 0.25) is 0 Å². The van der Waals surface area contributed by atoms with E-state index in [2.05, 4.69) is 10.0 Å². The van der Waals surface area contributed by atoms with Crippen LogP contribution in [0.3, 0.4) is 0 Å². The molecule has 0 aliphatic heterocycles. The van der Waals surface area contributed by atoms with Gasteiger partial charge in [-0.25, -0.2) is 4.79 Å². The van der Waals surface area contributed by atoms with Crippen molar-refractivity contribution in [3.8, 4) is 0 Å². The minimum Gasteiger partial charge on any atom is -0.461 e. The Hall–Kier alpha value is -2.26. The van der Waals surface area contributed by atoms with Crippen LogP contribution in [0.5, 0.6) is 0 Å². The first-order valence-corrected chi connectivity index (χ1v) is 5.74. The standard InChI is InChI=1S/C13H13N3O2/c14-16-15-12-7-6-10(8-12)9-18-13(17)11-4-2-1-3-5-11/h1-7,10,12H,8-9H2/t10-,12+/m1/s1. The molecule has 5 heteroatoms. The maximum absolute atomic E-state index is 11.7. The summed E-state index contributed by atoms with van der Waals surface area (Å²) in [4.78, 5) is 14.4. The molecule has 0 heterocycles. The summed E-state index contributed by atoms with van der Waals surface area (Å²) in [5.74, 6) is -0.190. The first kappa shape index (κ1) is 12.2. The van der Waals surface area contributed by atoms with Crippen molar-refractivity contribution in [1.29, 1.82) is 0 Å². The largest absolute Gasteiger partial charge is 0.461 e. The van der Waals surface area contributed by atoms with E-state index in [1.807, 2.05) is 18.2 Å². The van der Waals surface area contributed by atoms with Crippen LogP contribution in [0.2, 0.25) is 0 Å². The second-order valence-corrected chi connectivity index (χ2v) is 4.12. The second kappa shape index (κ2) is 5.89. The third-order valence-corrected chi connectivity index (χ3v) is 2.79. The Morgan fingerprint density at radius 2 is 2.17 bits per heavy atom. The van der Waals surface area contributed by atoms with Crippen LogP contribution in [0.1, 0.15) is 16.8 Å². The molecule has 0 radical (unpaired) electrons. The lowest BCUT2D eigenvalue weighted by Crippen LogP contribution is -2.13. The Balaban J connectivity index is 1.81. The molecule has 2 atom stereocenters. The number of ether oxygens (including phenoxy) is 1. The molecule has 0 aromatic heterocycles. The highest BCUT2D eigenvalue weighted by Gasteiger charge is 2.19. The molecule has 1 aromatic carbocycles. The quantitative estimate of drug-likeness (QED) is 0.268. The summed E-state index contributed by atoms with van der Waals surface area (Å²) in [5.41, 5.74) is 8.87. The van der Waals surface area contributed by atoms with Crippen molar-refractivity contribution in [2.75, 3.05) is 6.61 Å². The first-order chi connectivity index (χ1) is 8.79. The van der Waals surface area contributed by atoms with Crippen LogP contribution in [0.4, 0.5) is 0 Å². The third kappa shape index (κ3) is 3.12. The van der Waals surface area contributed by atoms with Gasteiger partial charge in [0.25, 0.3) is 0 Å². The van der Waals surface area contributed by atoms with Crippen molar-refractivity contribution in [3.63, 3.8) is 0 Å². The van der Waals surface area contributed by atoms with E-state index in [0.29, 0.717) is 18.6 Å². The molecule has 5 nitrogen and oxygen atoms in total. The Labute approximate surface area is 105 Å². The summed E-state index contributed by atoms with van der Waals surface area (Å²) in [6.45, 7) is 0.321. The van der Waals surface area contributed by atoms with Crippen LogP contribution >= 0.6 is 0 Å². The molecule has 0 saturated heterocycles. The van der Waals surface area contributed by atoms with E-state index < -0.39 is 0 Å². The Kier molecular flexibility index (Phi) is 3.99. The van der Waals surface area contributed by atoms with E-state index >= 15 is 0 Å². The molecule has 0 bridgehead atoms. The molecular formula is C13H13N3O2. The van der Waals surface area contributed by atoms with Gasteiger partial charge in [0, 0.05) is 10.8 Å². The molecule has 1 aliphatic carbocycles. The summed E-state index contributed by atoms with van der Waals surface area (Å²) in [5, 5.41) is 3.61. The van der Waals surface area contributed by atoms with Crippen LogP contribution in [0, 0.1) is 5.92 Å². The predicted molar refractivity (Wildman–Crippen MR) is 66.9 cm³/mol. The van der Waals surface area contributed by atoms with Gasteiger partial charge in [0.05, 0.1) is 18.2 Å². The Morgan fingerprint density at radius 3 is 2.89 bits per heavy atom. The van der Waals surface area contributed by atoms with Crippen molar-refractivity contribution in [1.82, 2.24) is 0 Å². The van der Waals surface area contributed by atoms with Gasteiger partial charge >= 0.3 is 5.97 Å². The molecule has 1 aromatic rings. The number of carbonyl (C=O) groups is 1. The summed E-state index contributed by atoms with van der Waals surface area (Å²) >= 11 is 0. The van der Waals surface area contributed by atoms with Crippen molar-refractivity contribution >= 4 is 5.97 Å². The zero-order chi connectivity index (χ0) is 12.8. The second-order valence-electron chi connectivity index (χ2n) is 4.12. The molecule has 0 N–H and O–H groups in total. The highest BCUT2D eigenvalue weighted by atomic mass is 16.5. The fourth-order valence-corrected chi connectivity index (χ4v) is 1.87. The highest BCUT2D eigenvalue weighted by Crippen LogP contribution is 2.21. The summed E-state index contributed by atoms with van der Waals surface area (Å²) in [6, 6.07) is 8.76. The number of hydrogen-bond donors (Lipinski definition) is 0. The van der Waals surface area contributed by atoms with E-state index in [1.165, 1.54) is 0 Å². The van der Waals surface area contributed by atoms with Crippen LogP contribution in [-0.2, 0) is 4.74 Å². The van der Waals surface area contributed by atoms with E-state index in [9.17, 15) is 4.79 Å². The lowest BCUT2D eigenvalue weighted by Gasteiger charge is -2.10. The van der Waals surface area contributed by atoms with Crippen molar-refractivity contribution < 1.29 is 9.53 Å². The fraction of sp³-hybridized carbons (Fsp3) is 0.308. The number of hydrogen-bond acceptors (Lipinski definition) is 3. The summed E-state index contributed by atoms with van der Waals surface area (Å²) in [7, 11) is 0. The molecular weight excluding hydrogens is 230 g/mol. The van der Waals surface area contributed by atoms with Crippen molar-refractivity contribution in [2.24, 2.45) is 11.0 Å². The van der Waals surface area contributed by atoms with Crippen molar-refractivity contribution in [2.45, 2.75) is 12.5 Å². The monoisotopic (exact) mass is 243 g/mol. The molecule has 0 unspecified atom stereocenters. The number of nitrogens with zero attached hydrogens (tertiary/aromatic N) is 3. The molecule has 0 fully saturated rings. The summed E-state index contributed by atoms with van der Waals surface area (Å²) in [6.07, 6.45) is 4.48. The van der Waals surface area contributed by atoms with Gasteiger partial charge in [0.1, 0.15) is 0 Å². The van der Waals surface area contributed by atoms with Crippen molar-refractivity contribution in [3.05, 3.63) is 58.5 Å². The number of carbonyl (C=O) groups excluding carboxylic acids is 1. The summed E-state index contributed by atoms with van der Waals surface area (Å²) < 4.78 is 5.21. The Morgan fingerprint density at radius 1 is 1.39 bits per heavy atom. The van der Waals surface area contributed by atoms with Gasteiger partial charge in [-0.2, -0.15) is 0 Å². The average Bonchev–Trinajstić information content (AvgIpc) is 2.85. The van der Waals surface area contributed by atoms with E-state index in [1.54, 1.807) is 24.3 Å².